The molecule has 5 heteroatoms. The zero-order chi connectivity index (χ0) is 15.1. The van der Waals surface area contributed by atoms with Gasteiger partial charge in [0, 0.05) is 29.9 Å². The van der Waals surface area contributed by atoms with E-state index in [-0.39, 0.29) is 5.91 Å². The normalized spacial score (nSPS) is 10.5. The second-order valence-electron chi connectivity index (χ2n) is 4.77. The van der Waals surface area contributed by atoms with Crippen LogP contribution in [0.2, 0.25) is 0 Å². The van der Waals surface area contributed by atoms with Crippen molar-refractivity contribution in [3.63, 3.8) is 0 Å². The number of benzene rings is 1. The lowest BCUT2D eigenvalue weighted by molar-refractivity contribution is 0.0947. The van der Waals surface area contributed by atoms with Crippen molar-refractivity contribution in [3.8, 4) is 0 Å². The molecule has 4 nitrogen and oxygen atoms in total. The smallest absolute Gasteiger partial charge is 0.268 e. The van der Waals surface area contributed by atoms with E-state index in [9.17, 15) is 4.79 Å². The average molecular weight is 303 g/mol. The first-order valence-electron chi connectivity index (χ1n) is 7.12. The van der Waals surface area contributed by atoms with Crippen LogP contribution in [0.5, 0.6) is 0 Å². The monoisotopic (exact) mass is 303 g/mol. The molecule has 2 rings (SSSR count). The van der Waals surface area contributed by atoms with Crippen molar-refractivity contribution in [3.05, 3.63) is 48.3 Å². The number of carbonyl (C=O) groups excluding carboxylic acids is 1. The van der Waals surface area contributed by atoms with Crippen LogP contribution in [0.15, 0.2) is 47.5 Å². The highest BCUT2D eigenvalue weighted by Crippen LogP contribution is 2.16. The third kappa shape index (κ3) is 4.56. The first-order chi connectivity index (χ1) is 10.2. The lowest BCUT2D eigenvalue weighted by atomic mass is 10.3. The predicted molar refractivity (Wildman–Crippen MR) is 88.6 cm³/mol. The quantitative estimate of drug-likeness (QED) is 0.610. The molecular weight excluding hydrogens is 282 g/mol. The summed E-state index contributed by atoms with van der Waals surface area (Å²) in [6, 6.07) is 11.9. The van der Waals surface area contributed by atoms with E-state index in [2.05, 4.69) is 24.4 Å². The molecular formula is C16H21N3OS. The molecule has 3 N–H and O–H groups in total. The number of anilines is 1. The highest BCUT2D eigenvalue weighted by molar-refractivity contribution is 7.99. The van der Waals surface area contributed by atoms with Gasteiger partial charge in [-0.15, -0.1) is 11.8 Å². The molecule has 0 saturated heterocycles. The molecule has 112 valence electrons. The van der Waals surface area contributed by atoms with Crippen molar-refractivity contribution in [2.75, 3.05) is 18.0 Å². The Labute approximate surface area is 129 Å². The van der Waals surface area contributed by atoms with Gasteiger partial charge in [-0.05, 0) is 24.6 Å². The summed E-state index contributed by atoms with van der Waals surface area (Å²) in [5, 5.41) is 2.95. The van der Waals surface area contributed by atoms with Gasteiger partial charge in [-0.2, -0.15) is 0 Å². The Morgan fingerprint density at radius 1 is 1.33 bits per heavy atom. The van der Waals surface area contributed by atoms with Gasteiger partial charge in [0.2, 0.25) is 0 Å². The molecule has 1 heterocycles. The number of nitrogen functional groups attached to an aromatic ring is 1. The van der Waals surface area contributed by atoms with Crippen molar-refractivity contribution >= 4 is 23.4 Å². The zero-order valence-electron chi connectivity index (χ0n) is 12.2. The molecule has 1 aromatic carbocycles. The topological polar surface area (TPSA) is 60.0 Å². The summed E-state index contributed by atoms with van der Waals surface area (Å²) < 4.78 is 1.91. The van der Waals surface area contributed by atoms with Crippen LogP contribution in [-0.4, -0.2) is 22.8 Å². The molecule has 0 saturated carbocycles. The lowest BCUT2D eigenvalue weighted by Crippen LogP contribution is -2.27. The molecule has 0 spiro atoms. The fraction of sp³-hybridized carbons (Fsp3) is 0.312. The summed E-state index contributed by atoms with van der Waals surface area (Å²) in [5.41, 5.74) is 7.04. The average Bonchev–Trinajstić information content (AvgIpc) is 2.86. The molecule has 0 atom stereocenters. The third-order valence-corrected chi connectivity index (χ3v) is 4.03. The lowest BCUT2D eigenvalue weighted by Gasteiger charge is -2.08. The van der Waals surface area contributed by atoms with Gasteiger partial charge in [-0.1, -0.05) is 25.1 Å². The number of carbonyl (C=O) groups is 1. The molecule has 21 heavy (non-hydrogen) atoms. The minimum absolute atomic E-state index is 0.0613. The molecule has 0 unspecified atom stereocenters. The Morgan fingerprint density at radius 3 is 2.81 bits per heavy atom. The van der Waals surface area contributed by atoms with Crippen LogP contribution in [0.25, 0.3) is 0 Å². The number of nitrogens with zero attached hydrogens (tertiary/aromatic N) is 1. The van der Waals surface area contributed by atoms with Crippen molar-refractivity contribution < 1.29 is 4.79 Å². The van der Waals surface area contributed by atoms with Crippen molar-refractivity contribution in [2.45, 2.75) is 24.8 Å². The first kappa shape index (κ1) is 15.5. The Hall–Kier alpha value is -1.88. The second kappa shape index (κ2) is 7.78. The van der Waals surface area contributed by atoms with E-state index in [0.29, 0.717) is 17.9 Å². The van der Waals surface area contributed by atoms with Gasteiger partial charge >= 0.3 is 0 Å². The van der Waals surface area contributed by atoms with Crippen LogP contribution in [0.1, 0.15) is 23.8 Å². The maximum absolute atomic E-state index is 12.2. The van der Waals surface area contributed by atoms with Gasteiger partial charge in [0.15, 0.2) is 0 Å². The Balaban J connectivity index is 1.82. The van der Waals surface area contributed by atoms with Gasteiger partial charge in [0.25, 0.3) is 5.91 Å². The minimum Gasteiger partial charge on any atom is -0.397 e. The van der Waals surface area contributed by atoms with E-state index in [0.717, 1.165) is 18.7 Å². The summed E-state index contributed by atoms with van der Waals surface area (Å²) in [5.74, 6) is 0.786. The first-order valence-corrected chi connectivity index (χ1v) is 8.11. The van der Waals surface area contributed by atoms with Crippen molar-refractivity contribution in [1.29, 1.82) is 0 Å². The highest BCUT2D eigenvalue weighted by atomic mass is 32.2. The highest BCUT2D eigenvalue weighted by Gasteiger charge is 2.11. The summed E-state index contributed by atoms with van der Waals surface area (Å²) >= 11 is 1.73. The van der Waals surface area contributed by atoms with Crippen LogP contribution in [0.3, 0.4) is 0 Å². The third-order valence-electron chi connectivity index (χ3n) is 3.01. The molecule has 2 aromatic rings. The van der Waals surface area contributed by atoms with Crippen LogP contribution >= 0.6 is 11.8 Å². The Kier molecular flexibility index (Phi) is 5.75. The van der Waals surface area contributed by atoms with Crippen LogP contribution in [0, 0.1) is 0 Å². The summed E-state index contributed by atoms with van der Waals surface area (Å²) in [6.07, 6.45) is 2.79. The van der Waals surface area contributed by atoms with Gasteiger partial charge in [-0.25, -0.2) is 0 Å². The predicted octanol–water partition coefficient (Wildman–Crippen LogP) is 3.00. The minimum atomic E-state index is -0.0613. The molecule has 0 aliphatic carbocycles. The van der Waals surface area contributed by atoms with Crippen LogP contribution in [-0.2, 0) is 6.54 Å². The van der Waals surface area contributed by atoms with Gasteiger partial charge in [-0.3, -0.25) is 4.79 Å². The Morgan fingerprint density at radius 2 is 2.10 bits per heavy atom. The SMILES string of the molecule is CCCn1cc(N)cc1C(=O)NCCSc1ccccc1. The maximum atomic E-state index is 12.2. The Bertz CT molecular complexity index is 580. The molecule has 0 aliphatic rings. The molecule has 0 aliphatic heterocycles. The molecule has 0 fully saturated rings. The number of hydrogen-bond donors (Lipinski definition) is 2. The maximum Gasteiger partial charge on any atom is 0.268 e. The second-order valence-corrected chi connectivity index (χ2v) is 5.94. The van der Waals surface area contributed by atoms with Crippen LogP contribution < -0.4 is 11.1 Å². The van der Waals surface area contributed by atoms with Crippen LogP contribution in [0.4, 0.5) is 5.69 Å². The van der Waals surface area contributed by atoms with E-state index < -0.39 is 0 Å². The number of rotatable bonds is 7. The fourth-order valence-electron chi connectivity index (χ4n) is 2.09. The number of aromatic nitrogens is 1. The number of amides is 1. The van der Waals surface area contributed by atoms with Gasteiger partial charge < -0.3 is 15.6 Å². The molecule has 1 aromatic heterocycles. The van der Waals surface area contributed by atoms with E-state index in [1.54, 1.807) is 17.8 Å². The summed E-state index contributed by atoms with van der Waals surface area (Å²) in [6.45, 7) is 3.52. The molecule has 0 radical (unpaired) electrons. The van der Waals surface area contributed by atoms with Crippen molar-refractivity contribution in [2.24, 2.45) is 0 Å². The molecule has 0 bridgehead atoms. The van der Waals surface area contributed by atoms with E-state index in [4.69, 9.17) is 5.73 Å². The van der Waals surface area contributed by atoms with Gasteiger partial charge in [0.1, 0.15) is 5.69 Å². The molecule has 1 amide bonds. The number of nitrogens with one attached hydrogen (secondary N) is 1. The number of hydrogen-bond acceptors (Lipinski definition) is 3. The number of thioether (sulfide) groups is 1. The van der Waals surface area contributed by atoms with E-state index in [1.165, 1.54) is 4.90 Å². The summed E-state index contributed by atoms with van der Waals surface area (Å²) in [7, 11) is 0. The van der Waals surface area contributed by atoms with Crippen molar-refractivity contribution in [1.82, 2.24) is 9.88 Å². The number of aryl methyl sites for hydroxylation is 1. The van der Waals surface area contributed by atoms with Gasteiger partial charge in [0.05, 0.1) is 5.69 Å². The standard InChI is InChI=1S/C16H21N3OS/c1-2-9-19-12-13(17)11-15(19)16(20)18-8-10-21-14-6-4-3-5-7-14/h3-7,11-12H,2,8-10,17H2,1H3,(H,18,20). The fourth-order valence-corrected chi connectivity index (χ4v) is 2.88. The largest absolute Gasteiger partial charge is 0.397 e. The van der Waals surface area contributed by atoms with E-state index >= 15 is 0 Å². The summed E-state index contributed by atoms with van der Waals surface area (Å²) in [4.78, 5) is 13.4. The van der Waals surface area contributed by atoms with E-state index in [1.807, 2.05) is 29.0 Å². The number of nitrogens with two attached hydrogens (primary N) is 1. The zero-order valence-corrected chi connectivity index (χ0v) is 13.0.